The van der Waals surface area contributed by atoms with Gasteiger partial charge in [0.1, 0.15) is 12.0 Å². The summed E-state index contributed by atoms with van der Waals surface area (Å²) in [6.07, 6.45) is 0.509. The lowest BCUT2D eigenvalue weighted by atomic mass is 9.92. The molecule has 1 aliphatic rings. The van der Waals surface area contributed by atoms with Crippen LogP contribution in [0.2, 0.25) is 0 Å². The molecule has 0 fully saturated rings. The molecule has 1 aromatic rings. The van der Waals surface area contributed by atoms with Gasteiger partial charge in [-0.3, -0.25) is 0 Å². The van der Waals surface area contributed by atoms with Gasteiger partial charge in [0.05, 0.1) is 0 Å². The summed E-state index contributed by atoms with van der Waals surface area (Å²) in [5, 5.41) is 0. The van der Waals surface area contributed by atoms with Crippen LogP contribution in [0.3, 0.4) is 0 Å². The molecule has 0 aliphatic heterocycles. The Balaban J connectivity index is 2.38. The minimum absolute atomic E-state index is 0.203. The molecular formula is C13H12F2. The molecule has 0 amide bonds. The number of halogens is 2. The van der Waals surface area contributed by atoms with Gasteiger partial charge in [-0.1, -0.05) is 30.3 Å². The lowest BCUT2D eigenvalue weighted by Crippen LogP contribution is -2.09. The van der Waals surface area contributed by atoms with Crippen LogP contribution in [0.5, 0.6) is 0 Å². The highest BCUT2D eigenvalue weighted by Crippen LogP contribution is 2.32. The summed E-state index contributed by atoms with van der Waals surface area (Å²) in [4.78, 5) is 0. The Morgan fingerprint density at radius 1 is 1.20 bits per heavy atom. The molecule has 0 radical (unpaired) electrons. The predicted octanol–water partition coefficient (Wildman–Crippen LogP) is 4.06. The van der Waals surface area contributed by atoms with E-state index < -0.39 is 12.0 Å². The number of allylic oxidation sites excluding steroid dienone is 4. The highest BCUT2D eigenvalue weighted by atomic mass is 19.1. The fourth-order valence-electron chi connectivity index (χ4n) is 1.67. The predicted molar refractivity (Wildman–Crippen MR) is 57.7 cm³/mol. The SMILES string of the molecule is CC1=C(F)C=C(c2ccccc2)CC1F. The van der Waals surface area contributed by atoms with Crippen molar-refractivity contribution in [3.63, 3.8) is 0 Å². The van der Waals surface area contributed by atoms with E-state index in [4.69, 9.17) is 0 Å². The summed E-state index contributed by atoms with van der Waals surface area (Å²) in [5.41, 5.74) is 1.82. The molecule has 0 N–H and O–H groups in total. The first-order valence-corrected chi connectivity index (χ1v) is 4.95. The average Bonchev–Trinajstić information content (AvgIpc) is 2.26. The van der Waals surface area contributed by atoms with Crippen molar-refractivity contribution in [3.8, 4) is 0 Å². The number of rotatable bonds is 1. The molecular weight excluding hydrogens is 194 g/mol. The second-order valence-corrected chi connectivity index (χ2v) is 3.74. The van der Waals surface area contributed by atoms with E-state index in [0.717, 1.165) is 11.1 Å². The third kappa shape index (κ3) is 1.99. The van der Waals surface area contributed by atoms with Gasteiger partial charge in [0.15, 0.2) is 0 Å². The summed E-state index contributed by atoms with van der Waals surface area (Å²) < 4.78 is 26.8. The van der Waals surface area contributed by atoms with E-state index >= 15 is 0 Å². The fourth-order valence-corrected chi connectivity index (χ4v) is 1.67. The number of benzene rings is 1. The molecule has 0 nitrogen and oxygen atoms in total. The minimum Gasteiger partial charge on any atom is -0.242 e. The number of hydrogen-bond acceptors (Lipinski definition) is 0. The van der Waals surface area contributed by atoms with E-state index in [9.17, 15) is 8.78 Å². The van der Waals surface area contributed by atoms with Crippen molar-refractivity contribution in [2.45, 2.75) is 19.5 Å². The van der Waals surface area contributed by atoms with Crippen molar-refractivity contribution in [2.75, 3.05) is 0 Å². The minimum atomic E-state index is -1.19. The lowest BCUT2D eigenvalue weighted by Gasteiger charge is -2.17. The maximum atomic E-state index is 13.4. The van der Waals surface area contributed by atoms with Crippen LogP contribution in [0, 0.1) is 0 Å². The Kier molecular flexibility index (Phi) is 2.67. The van der Waals surface area contributed by atoms with Crippen LogP contribution < -0.4 is 0 Å². The van der Waals surface area contributed by atoms with Crippen molar-refractivity contribution in [3.05, 3.63) is 53.4 Å². The fraction of sp³-hybridized carbons (Fsp3) is 0.231. The normalized spacial score (nSPS) is 21.5. The van der Waals surface area contributed by atoms with Gasteiger partial charge in [0.25, 0.3) is 0 Å². The average molecular weight is 206 g/mol. The van der Waals surface area contributed by atoms with Crippen LogP contribution in [-0.2, 0) is 0 Å². The highest BCUT2D eigenvalue weighted by Gasteiger charge is 2.21. The van der Waals surface area contributed by atoms with Crippen LogP contribution in [0.25, 0.3) is 5.57 Å². The monoisotopic (exact) mass is 206 g/mol. The van der Waals surface area contributed by atoms with Gasteiger partial charge in [0, 0.05) is 6.42 Å². The van der Waals surface area contributed by atoms with Crippen molar-refractivity contribution in [1.29, 1.82) is 0 Å². The van der Waals surface area contributed by atoms with Gasteiger partial charge in [-0.2, -0.15) is 0 Å². The molecule has 0 heterocycles. The second-order valence-electron chi connectivity index (χ2n) is 3.74. The first kappa shape index (κ1) is 10.1. The molecule has 2 heteroatoms. The maximum absolute atomic E-state index is 13.4. The summed E-state index contributed by atoms with van der Waals surface area (Å²) in [6.45, 7) is 1.50. The first-order valence-electron chi connectivity index (χ1n) is 4.95. The van der Waals surface area contributed by atoms with E-state index in [1.807, 2.05) is 30.3 Å². The third-order valence-corrected chi connectivity index (χ3v) is 2.69. The van der Waals surface area contributed by atoms with Crippen LogP contribution in [-0.4, -0.2) is 6.17 Å². The smallest absolute Gasteiger partial charge is 0.128 e. The highest BCUT2D eigenvalue weighted by molar-refractivity contribution is 5.70. The second kappa shape index (κ2) is 3.97. The van der Waals surface area contributed by atoms with E-state index in [2.05, 4.69) is 0 Å². The van der Waals surface area contributed by atoms with E-state index in [1.165, 1.54) is 13.0 Å². The molecule has 15 heavy (non-hydrogen) atoms. The van der Waals surface area contributed by atoms with Gasteiger partial charge in [-0.05, 0) is 29.7 Å². The van der Waals surface area contributed by atoms with Crippen molar-refractivity contribution >= 4 is 5.57 Å². The summed E-state index contributed by atoms with van der Waals surface area (Å²) in [7, 11) is 0. The maximum Gasteiger partial charge on any atom is 0.128 e. The number of alkyl halides is 1. The van der Waals surface area contributed by atoms with Crippen molar-refractivity contribution in [1.82, 2.24) is 0 Å². The molecule has 1 aliphatic carbocycles. The first-order chi connectivity index (χ1) is 7.18. The topological polar surface area (TPSA) is 0 Å². The molecule has 0 aromatic heterocycles. The Morgan fingerprint density at radius 2 is 1.87 bits per heavy atom. The van der Waals surface area contributed by atoms with Gasteiger partial charge in [-0.15, -0.1) is 0 Å². The summed E-state index contributed by atoms with van der Waals surface area (Å²) >= 11 is 0. The molecule has 78 valence electrons. The third-order valence-electron chi connectivity index (χ3n) is 2.69. The van der Waals surface area contributed by atoms with Crippen LogP contribution in [0.1, 0.15) is 18.9 Å². The summed E-state index contributed by atoms with van der Waals surface area (Å²) in [5.74, 6) is -0.437. The van der Waals surface area contributed by atoms with E-state index in [-0.39, 0.29) is 12.0 Å². The van der Waals surface area contributed by atoms with E-state index in [0.29, 0.717) is 0 Å². The molecule has 1 unspecified atom stereocenters. The van der Waals surface area contributed by atoms with Gasteiger partial charge < -0.3 is 0 Å². The van der Waals surface area contributed by atoms with Gasteiger partial charge in [-0.25, -0.2) is 8.78 Å². The van der Waals surface area contributed by atoms with Crippen molar-refractivity contribution < 1.29 is 8.78 Å². The van der Waals surface area contributed by atoms with Crippen molar-refractivity contribution in [2.24, 2.45) is 0 Å². The Hall–Kier alpha value is -1.44. The quantitative estimate of drug-likeness (QED) is 0.650. The zero-order valence-electron chi connectivity index (χ0n) is 8.50. The molecule has 1 aromatic carbocycles. The number of hydrogen-bond donors (Lipinski definition) is 0. The zero-order chi connectivity index (χ0) is 10.8. The Labute approximate surface area is 87.9 Å². The molecule has 0 bridgehead atoms. The summed E-state index contributed by atoms with van der Waals surface area (Å²) in [6, 6.07) is 9.36. The van der Waals surface area contributed by atoms with E-state index in [1.54, 1.807) is 0 Å². The standard InChI is InChI=1S/C13H12F2/c1-9-12(14)7-11(8-13(9)15)10-5-3-2-4-6-10/h2-7,13H,8H2,1H3. The molecule has 0 saturated heterocycles. The molecule has 2 rings (SSSR count). The molecule has 1 atom stereocenters. The Bertz CT molecular complexity index is 415. The molecule has 0 spiro atoms. The largest absolute Gasteiger partial charge is 0.242 e. The van der Waals surface area contributed by atoms with Gasteiger partial charge in [0.2, 0.25) is 0 Å². The zero-order valence-corrected chi connectivity index (χ0v) is 8.50. The van der Waals surface area contributed by atoms with Crippen LogP contribution in [0.4, 0.5) is 8.78 Å². The lowest BCUT2D eigenvalue weighted by molar-refractivity contribution is 0.376. The Morgan fingerprint density at radius 3 is 2.47 bits per heavy atom. The van der Waals surface area contributed by atoms with Crippen LogP contribution in [0.15, 0.2) is 47.8 Å². The molecule has 0 saturated carbocycles. The van der Waals surface area contributed by atoms with Gasteiger partial charge >= 0.3 is 0 Å². The van der Waals surface area contributed by atoms with Crippen LogP contribution >= 0.6 is 0 Å².